The van der Waals surface area contributed by atoms with Gasteiger partial charge in [-0.3, -0.25) is 0 Å². The third kappa shape index (κ3) is 2.84. The summed E-state index contributed by atoms with van der Waals surface area (Å²) in [6.45, 7) is 2.21. The lowest BCUT2D eigenvalue weighted by Gasteiger charge is -2.20. The van der Waals surface area contributed by atoms with Crippen LogP contribution < -0.4 is 0 Å². The van der Waals surface area contributed by atoms with Crippen LogP contribution in [-0.2, 0) is 15.8 Å². The minimum atomic E-state index is -3.60. The van der Waals surface area contributed by atoms with E-state index >= 15 is 0 Å². The van der Waals surface area contributed by atoms with Gasteiger partial charge in [0.15, 0.2) is 0 Å². The molecular weight excluding hydrogens is 280 g/mol. The van der Waals surface area contributed by atoms with Crippen LogP contribution in [0.5, 0.6) is 0 Å². The summed E-state index contributed by atoms with van der Waals surface area (Å²) in [4.78, 5) is 0. The fourth-order valence-corrected chi connectivity index (χ4v) is 5.09. The Morgan fingerprint density at radius 3 is 2.78 bits per heavy atom. The number of rotatable bonds is 3. The summed E-state index contributed by atoms with van der Waals surface area (Å²) in [6.07, 6.45) is 0. The third-order valence-corrected chi connectivity index (χ3v) is 5.96. The monoisotopic (exact) mass is 293 g/mol. The second-order valence-corrected chi connectivity index (χ2v) is 7.42. The van der Waals surface area contributed by atoms with Gasteiger partial charge >= 0.3 is 0 Å². The molecule has 1 aromatic rings. The van der Waals surface area contributed by atoms with Gasteiger partial charge in [0, 0.05) is 17.9 Å². The largest absolute Gasteiger partial charge is 0.219 e. The van der Waals surface area contributed by atoms with Crippen molar-refractivity contribution >= 4 is 21.8 Å². The summed E-state index contributed by atoms with van der Waals surface area (Å²) < 4.78 is 52.0. The minimum Gasteiger partial charge on any atom is -0.212 e. The third-order valence-electron chi connectivity index (χ3n) is 2.78. The first-order chi connectivity index (χ1) is 8.40. The van der Waals surface area contributed by atoms with Crippen LogP contribution in [0.25, 0.3) is 0 Å². The van der Waals surface area contributed by atoms with Crippen molar-refractivity contribution in [3.8, 4) is 0 Å². The van der Waals surface area contributed by atoms with Gasteiger partial charge in [-0.25, -0.2) is 17.2 Å². The Morgan fingerprint density at radius 1 is 1.44 bits per heavy atom. The molecule has 0 aliphatic carbocycles. The zero-order valence-electron chi connectivity index (χ0n) is 9.77. The molecule has 1 heterocycles. The highest BCUT2D eigenvalue weighted by Gasteiger charge is 2.32. The molecule has 1 fully saturated rings. The number of sulfonamides is 1. The summed E-state index contributed by atoms with van der Waals surface area (Å²) in [5.74, 6) is -1.10. The molecule has 18 heavy (non-hydrogen) atoms. The van der Waals surface area contributed by atoms with E-state index in [1.807, 2.05) is 0 Å². The molecule has 3 nitrogen and oxygen atoms in total. The van der Waals surface area contributed by atoms with E-state index < -0.39 is 27.4 Å². The zero-order chi connectivity index (χ0) is 13.3. The van der Waals surface area contributed by atoms with E-state index in [4.69, 9.17) is 0 Å². The summed E-state index contributed by atoms with van der Waals surface area (Å²) in [5, 5.41) is -0.147. The molecule has 0 bridgehead atoms. The van der Waals surface area contributed by atoms with Crippen molar-refractivity contribution in [3.05, 3.63) is 35.4 Å². The summed E-state index contributed by atoms with van der Waals surface area (Å²) in [5.41, 5.74) is -0.126. The predicted octanol–water partition coefficient (Wildman–Crippen LogP) is 2.19. The van der Waals surface area contributed by atoms with Crippen LogP contribution in [0.4, 0.5) is 8.78 Å². The molecule has 0 aromatic heterocycles. The fraction of sp³-hybridized carbons (Fsp3) is 0.455. The van der Waals surface area contributed by atoms with Crippen molar-refractivity contribution < 1.29 is 17.2 Å². The predicted molar refractivity (Wildman–Crippen MR) is 67.6 cm³/mol. The van der Waals surface area contributed by atoms with Crippen molar-refractivity contribution in [3.63, 3.8) is 0 Å². The molecule has 0 N–H and O–H groups in total. The standard InChI is InChI=1S/C11H13F2NO2S2/c1-8-14(4-5-17-8)18(15,16)7-9-6-10(12)2-3-11(9)13/h2-3,6,8H,4-5,7H2,1H3. The topological polar surface area (TPSA) is 37.4 Å². The molecule has 0 amide bonds. The summed E-state index contributed by atoms with van der Waals surface area (Å²) in [6, 6.07) is 2.85. The molecule has 7 heteroatoms. The highest BCUT2D eigenvalue weighted by Crippen LogP contribution is 2.28. The number of halogens is 2. The fourth-order valence-electron chi connectivity index (χ4n) is 1.88. The SMILES string of the molecule is CC1SCCN1S(=O)(=O)Cc1cc(F)ccc1F. The molecule has 1 aromatic carbocycles. The van der Waals surface area contributed by atoms with E-state index in [2.05, 4.69) is 0 Å². The first kappa shape index (κ1) is 13.8. The summed E-state index contributed by atoms with van der Waals surface area (Å²) in [7, 11) is -3.60. The van der Waals surface area contributed by atoms with Crippen molar-refractivity contribution in [2.45, 2.75) is 18.1 Å². The van der Waals surface area contributed by atoms with Gasteiger partial charge in [-0.2, -0.15) is 4.31 Å². The second kappa shape index (κ2) is 5.14. The van der Waals surface area contributed by atoms with Gasteiger partial charge in [0.25, 0.3) is 0 Å². The average molecular weight is 293 g/mol. The molecule has 1 aliphatic rings. The Hall–Kier alpha value is -0.660. The van der Waals surface area contributed by atoms with Gasteiger partial charge in [0.1, 0.15) is 11.6 Å². The van der Waals surface area contributed by atoms with Crippen molar-refractivity contribution in [2.24, 2.45) is 0 Å². The van der Waals surface area contributed by atoms with Crippen LogP contribution >= 0.6 is 11.8 Å². The molecule has 100 valence electrons. The van der Waals surface area contributed by atoms with Crippen molar-refractivity contribution in [2.75, 3.05) is 12.3 Å². The van der Waals surface area contributed by atoms with E-state index in [1.165, 1.54) is 16.1 Å². The van der Waals surface area contributed by atoms with Crippen LogP contribution in [0, 0.1) is 11.6 Å². The number of hydrogen-bond acceptors (Lipinski definition) is 3. The Bertz CT molecular complexity index is 548. The lowest BCUT2D eigenvalue weighted by molar-refractivity contribution is 0.440. The van der Waals surface area contributed by atoms with Crippen molar-refractivity contribution in [1.82, 2.24) is 4.31 Å². The Kier molecular flexibility index (Phi) is 3.93. The molecule has 1 saturated heterocycles. The van der Waals surface area contributed by atoms with Crippen LogP contribution in [0.3, 0.4) is 0 Å². The van der Waals surface area contributed by atoms with Crippen LogP contribution in [-0.4, -0.2) is 30.4 Å². The maximum atomic E-state index is 13.4. The van der Waals surface area contributed by atoms with E-state index in [-0.39, 0.29) is 10.9 Å². The summed E-state index contributed by atoms with van der Waals surface area (Å²) >= 11 is 1.53. The molecule has 1 aliphatic heterocycles. The molecule has 0 radical (unpaired) electrons. The van der Waals surface area contributed by atoms with Gasteiger partial charge < -0.3 is 0 Å². The van der Waals surface area contributed by atoms with E-state index in [0.29, 0.717) is 6.54 Å². The van der Waals surface area contributed by atoms with Gasteiger partial charge in [-0.05, 0) is 25.1 Å². The van der Waals surface area contributed by atoms with Gasteiger partial charge in [0.2, 0.25) is 10.0 Å². The zero-order valence-corrected chi connectivity index (χ0v) is 11.4. The maximum Gasteiger partial charge on any atom is 0.219 e. The molecule has 2 rings (SSSR count). The quantitative estimate of drug-likeness (QED) is 0.857. The first-order valence-corrected chi connectivity index (χ1v) is 8.11. The minimum absolute atomic E-state index is 0.126. The number of benzene rings is 1. The normalized spacial score (nSPS) is 21.4. The highest BCUT2D eigenvalue weighted by molar-refractivity contribution is 8.01. The maximum absolute atomic E-state index is 13.4. The molecule has 1 atom stereocenters. The van der Waals surface area contributed by atoms with Crippen molar-refractivity contribution in [1.29, 1.82) is 0 Å². The average Bonchev–Trinajstić information content (AvgIpc) is 2.70. The Labute approximate surface area is 109 Å². The smallest absolute Gasteiger partial charge is 0.212 e. The Morgan fingerprint density at radius 2 is 2.17 bits per heavy atom. The lowest BCUT2D eigenvalue weighted by atomic mass is 10.2. The molecule has 0 saturated carbocycles. The Balaban J connectivity index is 2.25. The first-order valence-electron chi connectivity index (χ1n) is 5.45. The van der Waals surface area contributed by atoms with Crippen LogP contribution in [0.15, 0.2) is 18.2 Å². The van der Waals surface area contributed by atoms with Gasteiger partial charge in [0.05, 0.1) is 11.1 Å². The number of hydrogen-bond donors (Lipinski definition) is 0. The molecule has 0 spiro atoms. The lowest BCUT2D eigenvalue weighted by Crippen LogP contribution is -2.34. The van der Waals surface area contributed by atoms with E-state index in [0.717, 1.165) is 24.0 Å². The van der Waals surface area contributed by atoms with Gasteiger partial charge in [-0.15, -0.1) is 11.8 Å². The number of nitrogens with zero attached hydrogens (tertiary/aromatic N) is 1. The van der Waals surface area contributed by atoms with E-state index in [9.17, 15) is 17.2 Å². The molecular formula is C11H13F2NO2S2. The van der Waals surface area contributed by atoms with Crippen LogP contribution in [0.2, 0.25) is 0 Å². The second-order valence-electron chi connectivity index (χ2n) is 4.07. The van der Waals surface area contributed by atoms with E-state index in [1.54, 1.807) is 6.92 Å². The van der Waals surface area contributed by atoms with Gasteiger partial charge in [-0.1, -0.05) is 0 Å². The number of thioether (sulfide) groups is 1. The molecule has 1 unspecified atom stereocenters. The highest BCUT2D eigenvalue weighted by atomic mass is 32.2. The van der Waals surface area contributed by atoms with Crippen LogP contribution in [0.1, 0.15) is 12.5 Å².